The van der Waals surface area contributed by atoms with Crippen LogP contribution in [0.1, 0.15) is 12.8 Å². The van der Waals surface area contributed by atoms with E-state index >= 15 is 0 Å². The van der Waals surface area contributed by atoms with Crippen molar-refractivity contribution in [2.24, 2.45) is 11.8 Å². The van der Waals surface area contributed by atoms with Crippen LogP contribution >= 0.6 is 0 Å². The van der Waals surface area contributed by atoms with Crippen LogP contribution < -0.4 is 10.1 Å². The summed E-state index contributed by atoms with van der Waals surface area (Å²) in [6.07, 6.45) is 5.94. The minimum absolute atomic E-state index is 0.354. The lowest BCUT2D eigenvalue weighted by atomic mass is 10.0. The number of rotatable bonds is 3. The average molecular weight is 270 g/mol. The highest BCUT2D eigenvalue weighted by Crippen LogP contribution is 2.37. The van der Waals surface area contributed by atoms with Crippen molar-refractivity contribution < 1.29 is 9.15 Å². The molecule has 2 aliphatic rings. The zero-order chi connectivity index (χ0) is 13.4. The van der Waals surface area contributed by atoms with Crippen molar-refractivity contribution in [3.8, 4) is 17.2 Å². The number of fused-ring (bicyclic) bond motifs is 1. The Kier molecular flexibility index (Phi) is 2.96. The fourth-order valence-corrected chi connectivity index (χ4v) is 3.47. The van der Waals surface area contributed by atoms with E-state index < -0.39 is 0 Å². The monoisotopic (exact) mass is 270 g/mol. The summed E-state index contributed by atoms with van der Waals surface area (Å²) in [5, 5.41) is 3.46. The Morgan fingerprint density at radius 2 is 2.05 bits per heavy atom. The molecular formula is C16H18N2O2. The number of benzene rings is 1. The first-order valence-electron chi connectivity index (χ1n) is 7.26. The molecule has 0 spiro atoms. The standard InChI is InChI=1S/C16H18N2O2/c1-2-11(16-18-4-5-19-16)6-14(3-1)20-15-7-12-9-17-10-13(12)8-15/h1-6,12-13,15,17H,7-10H2/t12-,13-/m1/s1. The Morgan fingerprint density at radius 1 is 1.20 bits per heavy atom. The van der Waals surface area contributed by atoms with E-state index in [0.717, 1.165) is 36.2 Å². The van der Waals surface area contributed by atoms with Gasteiger partial charge in [0, 0.05) is 5.56 Å². The summed E-state index contributed by atoms with van der Waals surface area (Å²) >= 11 is 0. The van der Waals surface area contributed by atoms with Gasteiger partial charge in [-0.05, 0) is 56.0 Å². The number of hydrogen-bond acceptors (Lipinski definition) is 4. The second-order valence-electron chi connectivity index (χ2n) is 5.75. The Balaban J connectivity index is 1.48. The number of nitrogens with zero attached hydrogens (tertiary/aromatic N) is 1. The molecule has 4 heteroatoms. The molecule has 1 aliphatic heterocycles. The maximum absolute atomic E-state index is 6.15. The van der Waals surface area contributed by atoms with Gasteiger partial charge in [-0.3, -0.25) is 0 Å². The normalized spacial score (nSPS) is 25.8. The minimum atomic E-state index is 0.354. The van der Waals surface area contributed by atoms with Gasteiger partial charge in [0.05, 0.1) is 12.3 Å². The van der Waals surface area contributed by atoms with Crippen molar-refractivity contribution >= 4 is 0 Å². The van der Waals surface area contributed by atoms with Crippen LogP contribution in [0.25, 0.3) is 11.5 Å². The second-order valence-corrected chi connectivity index (χ2v) is 5.75. The van der Waals surface area contributed by atoms with Crippen molar-refractivity contribution in [1.29, 1.82) is 0 Å². The topological polar surface area (TPSA) is 47.3 Å². The largest absolute Gasteiger partial charge is 0.490 e. The van der Waals surface area contributed by atoms with Crippen LogP contribution in [0.15, 0.2) is 41.1 Å². The molecular weight excluding hydrogens is 252 g/mol. The molecule has 4 rings (SSSR count). The Hall–Kier alpha value is -1.81. The van der Waals surface area contributed by atoms with Crippen molar-refractivity contribution in [1.82, 2.24) is 10.3 Å². The third-order valence-corrected chi connectivity index (χ3v) is 4.43. The van der Waals surface area contributed by atoms with Crippen molar-refractivity contribution in [3.63, 3.8) is 0 Å². The highest BCUT2D eigenvalue weighted by Gasteiger charge is 2.38. The number of oxazole rings is 1. The molecule has 1 saturated heterocycles. The smallest absolute Gasteiger partial charge is 0.225 e. The number of ether oxygens (including phenoxy) is 1. The van der Waals surface area contributed by atoms with Gasteiger partial charge < -0.3 is 14.5 Å². The fourth-order valence-electron chi connectivity index (χ4n) is 3.47. The van der Waals surface area contributed by atoms with Crippen LogP contribution in [0.2, 0.25) is 0 Å². The third kappa shape index (κ3) is 2.20. The number of hydrogen-bond donors (Lipinski definition) is 1. The predicted molar refractivity (Wildman–Crippen MR) is 75.4 cm³/mol. The second kappa shape index (κ2) is 4.94. The van der Waals surface area contributed by atoms with Gasteiger partial charge >= 0.3 is 0 Å². The first-order valence-corrected chi connectivity index (χ1v) is 7.26. The molecule has 20 heavy (non-hydrogen) atoms. The molecule has 0 radical (unpaired) electrons. The third-order valence-electron chi connectivity index (χ3n) is 4.43. The lowest BCUT2D eigenvalue weighted by molar-refractivity contribution is 0.199. The number of nitrogens with one attached hydrogen (secondary N) is 1. The van der Waals surface area contributed by atoms with Crippen LogP contribution in [-0.4, -0.2) is 24.2 Å². The molecule has 2 aromatic rings. The molecule has 1 aromatic heterocycles. The van der Waals surface area contributed by atoms with E-state index in [4.69, 9.17) is 9.15 Å². The maximum Gasteiger partial charge on any atom is 0.225 e. The lowest BCUT2D eigenvalue weighted by Gasteiger charge is -2.15. The van der Waals surface area contributed by atoms with Crippen LogP contribution in [0.3, 0.4) is 0 Å². The summed E-state index contributed by atoms with van der Waals surface area (Å²) < 4.78 is 11.5. The average Bonchev–Trinajstić information content (AvgIpc) is 3.15. The lowest BCUT2D eigenvalue weighted by Crippen LogP contribution is -2.18. The summed E-state index contributed by atoms with van der Waals surface area (Å²) in [5.41, 5.74) is 0.965. The predicted octanol–water partition coefficient (Wildman–Crippen LogP) is 2.72. The van der Waals surface area contributed by atoms with Crippen LogP contribution in [-0.2, 0) is 0 Å². The summed E-state index contributed by atoms with van der Waals surface area (Å²) in [6, 6.07) is 8.01. The van der Waals surface area contributed by atoms with E-state index in [1.807, 2.05) is 24.3 Å². The van der Waals surface area contributed by atoms with Gasteiger partial charge in [-0.1, -0.05) is 6.07 Å². The van der Waals surface area contributed by atoms with Gasteiger partial charge in [-0.15, -0.1) is 0 Å². The summed E-state index contributed by atoms with van der Waals surface area (Å²) in [5.74, 6) is 3.16. The summed E-state index contributed by atoms with van der Waals surface area (Å²) in [4.78, 5) is 4.18. The molecule has 104 valence electrons. The van der Waals surface area contributed by atoms with E-state index in [9.17, 15) is 0 Å². The Labute approximate surface area is 118 Å². The first kappa shape index (κ1) is 12.0. The maximum atomic E-state index is 6.15. The molecule has 0 bridgehead atoms. The molecule has 1 N–H and O–H groups in total. The van der Waals surface area contributed by atoms with E-state index in [1.54, 1.807) is 12.5 Å². The van der Waals surface area contributed by atoms with Gasteiger partial charge in [0.25, 0.3) is 0 Å². The molecule has 2 heterocycles. The van der Waals surface area contributed by atoms with Gasteiger partial charge in [0.15, 0.2) is 0 Å². The van der Waals surface area contributed by atoms with E-state index in [1.165, 1.54) is 12.8 Å². The highest BCUT2D eigenvalue weighted by molar-refractivity contribution is 5.55. The number of aromatic nitrogens is 1. The first-order chi connectivity index (χ1) is 9.88. The molecule has 1 saturated carbocycles. The van der Waals surface area contributed by atoms with E-state index in [-0.39, 0.29) is 0 Å². The SMILES string of the molecule is c1cc(OC2C[C@@H]3CNC[C@H]3C2)cc(-c2ncco2)c1. The summed E-state index contributed by atoms with van der Waals surface area (Å²) in [6.45, 7) is 2.31. The molecule has 4 nitrogen and oxygen atoms in total. The highest BCUT2D eigenvalue weighted by atomic mass is 16.5. The van der Waals surface area contributed by atoms with E-state index in [2.05, 4.69) is 10.3 Å². The van der Waals surface area contributed by atoms with Crippen LogP contribution in [0.5, 0.6) is 5.75 Å². The van der Waals surface area contributed by atoms with Crippen LogP contribution in [0, 0.1) is 11.8 Å². The zero-order valence-electron chi connectivity index (χ0n) is 11.3. The van der Waals surface area contributed by atoms with Gasteiger partial charge in [0.1, 0.15) is 12.0 Å². The van der Waals surface area contributed by atoms with E-state index in [0.29, 0.717) is 12.0 Å². The van der Waals surface area contributed by atoms with Crippen molar-refractivity contribution in [2.45, 2.75) is 18.9 Å². The molecule has 1 aromatic carbocycles. The molecule has 2 atom stereocenters. The quantitative estimate of drug-likeness (QED) is 0.931. The molecule has 0 amide bonds. The molecule has 2 fully saturated rings. The Morgan fingerprint density at radius 3 is 2.80 bits per heavy atom. The summed E-state index contributed by atoms with van der Waals surface area (Å²) in [7, 11) is 0. The van der Waals surface area contributed by atoms with Crippen molar-refractivity contribution in [3.05, 3.63) is 36.7 Å². The van der Waals surface area contributed by atoms with Gasteiger partial charge in [0.2, 0.25) is 5.89 Å². The fraction of sp³-hybridized carbons (Fsp3) is 0.438. The zero-order valence-corrected chi connectivity index (χ0v) is 11.3. The molecule has 0 unspecified atom stereocenters. The van der Waals surface area contributed by atoms with Gasteiger partial charge in [-0.2, -0.15) is 0 Å². The Bertz CT molecular complexity index is 570. The minimum Gasteiger partial charge on any atom is -0.490 e. The molecule has 1 aliphatic carbocycles. The van der Waals surface area contributed by atoms with Crippen LogP contribution in [0.4, 0.5) is 0 Å². The van der Waals surface area contributed by atoms with Gasteiger partial charge in [-0.25, -0.2) is 4.98 Å². The van der Waals surface area contributed by atoms with Crippen molar-refractivity contribution in [2.75, 3.05) is 13.1 Å².